The van der Waals surface area contributed by atoms with Crippen LogP contribution in [0.4, 0.5) is 0 Å². The number of rotatable bonds is 6. The second kappa shape index (κ2) is 10.8. The molecule has 0 aromatic heterocycles. The lowest BCUT2D eigenvalue weighted by molar-refractivity contribution is 0.321. The summed E-state index contributed by atoms with van der Waals surface area (Å²) in [5.41, 5.74) is 1.38. The molecular formula is C17H29IN4. The van der Waals surface area contributed by atoms with E-state index in [-0.39, 0.29) is 24.0 Å². The van der Waals surface area contributed by atoms with Crippen LogP contribution in [0.3, 0.4) is 0 Å². The van der Waals surface area contributed by atoms with E-state index in [2.05, 4.69) is 57.5 Å². The molecule has 0 radical (unpaired) electrons. The Kier molecular flexibility index (Phi) is 9.47. The third-order valence-electron chi connectivity index (χ3n) is 3.91. The van der Waals surface area contributed by atoms with Gasteiger partial charge in [0.1, 0.15) is 0 Å². The van der Waals surface area contributed by atoms with Crippen molar-refractivity contribution < 1.29 is 0 Å². The number of halogens is 1. The lowest BCUT2D eigenvalue weighted by Gasteiger charge is -2.22. The zero-order valence-corrected chi connectivity index (χ0v) is 16.1. The van der Waals surface area contributed by atoms with Crippen molar-refractivity contribution in [1.29, 1.82) is 0 Å². The van der Waals surface area contributed by atoms with E-state index in [1.54, 1.807) is 0 Å². The molecule has 1 aliphatic rings. The second-order valence-corrected chi connectivity index (χ2v) is 5.75. The molecular weight excluding hydrogens is 387 g/mol. The molecule has 124 valence electrons. The van der Waals surface area contributed by atoms with Crippen molar-refractivity contribution in [2.45, 2.75) is 25.8 Å². The monoisotopic (exact) mass is 416 g/mol. The summed E-state index contributed by atoms with van der Waals surface area (Å²) in [6.07, 6.45) is 3.72. The number of likely N-dealkylation sites (tertiary alicyclic amines) is 1. The van der Waals surface area contributed by atoms with Crippen LogP contribution < -0.4 is 5.32 Å². The molecule has 1 N–H and O–H groups in total. The molecule has 0 atom stereocenters. The minimum Gasteiger partial charge on any atom is -0.356 e. The molecule has 1 fully saturated rings. The maximum Gasteiger partial charge on any atom is 0.193 e. The number of hydrogen-bond acceptors (Lipinski definition) is 2. The molecule has 2 rings (SSSR count). The number of benzene rings is 1. The Balaban J connectivity index is 0.00000242. The summed E-state index contributed by atoms with van der Waals surface area (Å²) in [5, 5.41) is 3.48. The second-order valence-electron chi connectivity index (χ2n) is 5.75. The highest BCUT2D eigenvalue weighted by Gasteiger charge is 2.14. The van der Waals surface area contributed by atoms with E-state index in [9.17, 15) is 0 Å². The van der Waals surface area contributed by atoms with Gasteiger partial charge in [-0.05, 0) is 38.4 Å². The van der Waals surface area contributed by atoms with Crippen molar-refractivity contribution in [3.05, 3.63) is 35.9 Å². The Hall–Kier alpha value is -0.820. The molecule has 0 bridgehead atoms. The normalized spacial score (nSPS) is 15.0. The molecule has 1 heterocycles. The minimum absolute atomic E-state index is 0. The van der Waals surface area contributed by atoms with Gasteiger partial charge in [0.15, 0.2) is 5.96 Å². The Bertz CT molecular complexity index is 430. The zero-order valence-electron chi connectivity index (χ0n) is 13.8. The molecule has 22 heavy (non-hydrogen) atoms. The van der Waals surface area contributed by atoms with Gasteiger partial charge in [0.25, 0.3) is 0 Å². The van der Waals surface area contributed by atoms with Crippen LogP contribution in [0, 0.1) is 0 Å². The molecule has 4 nitrogen and oxygen atoms in total. The van der Waals surface area contributed by atoms with Gasteiger partial charge in [-0.25, -0.2) is 0 Å². The fourth-order valence-electron chi connectivity index (χ4n) is 2.78. The average Bonchev–Trinajstić information content (AvgIpc) is 3.02. The van der Waals surface area contributed by atoms with Crippen molar-refractivity contribution in [3.63, 3.8) is 0 Å². The van der Waals surface area contributed by atoms with E-state index >= 15 is 0 Å². The molecule has 0 amide bonds. The first kappa shape index (κ1) is 19.2. The molecule has 1 aromatic carbocycles. The third-order valence-corrected chi connectivity index (χ3v) is 3.91. The van der Waals surface area contributed by atoms with Crippen LogP contribution >= 0.6 is 24.0 Å². The van der Waals surface area contributed by atoms with Crippen molar-refractivity contribution in [2.24, 2.45) is 4.99 Å². The fourth-order valence-corrected chi connectivity index (χ4v) is 2.78. The first-order chi connectivity index (χ1) is 10.3. The van der Waals surface area contributed by atoms with Gasteiger partial charge in [-0.15, -0.1) is 24.0 Å². The lowest BCUT2D eigenvalue weighted by atomic mass is 10.2. The standard InChI is InChI=1S/C17H28N4.HI/c1-18-17(21-13-6-7-14-21)19-11-8-12-20(2)15-16-9-4-3-5-10-16;/h3-5,9-10H,6-8,11-15H2,1-2H3,(H,18,19);1H. The third kappa shape index (κ3) is 6.52. The Morgan fingerprint density at radius 3 is 2.55 bits per heavy atom. The van der Waals surface area contributed by atoms with Crippen LogP contribution in [-0.4, -0.2) is 56.0 Å². The minimum atomic E-state index is 0. The maximum absolute atomic E-state index is 4.37. The SMILES string of the molecule is CN=C(NCCCN(C)Cc1ccccc1)N1CCCC1.I. The predicted molar refractivity (Wildman–Crippen MR) is 105 cm³/mol. The van der Waals surface area contributed by atoms with Gasteiger partial charge in [-0.3, -0.25) is 4.99 Å². The average molecular weight is 416 g/mol. The summed E-state index contributed by atoms with van der Waals surface area (Å²) in [4.78, 5) is 9.10. The van der Waals surface area contributed by atoms with Gasteiger partial charge < -0.3 is 15.1 Å². The Morgan fingerprint density at radius 1 is 1.23 bits per heavy atom. The van der Waals surface area contributed by atoms with Crippen LogP contribution in [0.1, 0.15) is 24.8 Å². The van der Waals surface area contributed by atoms with E-state index in [1.807, 2.05) is 7.05 Å². The summed E-state index contributed by atoms with van der Waals surface area (Å²) in [6, 6.07) is 10.6. The molecule has 0 unspecified atom stereocenters. The van der Waals surface area contributed by atoms with Gasteiger partial charge in [0, 0.05) is 33.2 Å². The summed E-state index contributed by atoms with van der Waals surface area (Å²) in [5.74, 6) is 1.07. The van der Waals surface area contributed by atoms with E-state index < -0.39 is 0 Å². The summed E-state index contributed by atoms with van der Waals surface area (Å²) >= 11 is 0. The van der Waals surface area contributed by atoms with E-state index in [1.165, 1.54) is 18.4 Å². The molecule has 1 aromatic rings. The summed E-state index contributed by atoms with van der Waals surface area (Å²) in [6.45, 7) is 5.39. The molecule has 5 heteroatoms. The van der Waals surface area contributed by atoms with Crippen LogP contribution in [0.15, 0.2) is 35.3 Å². The molecule has 0 saturated carbocycles. The van der Waals surface area contributed by atoms with E-state index in [0.717, 1.165) is 45.1 Å². The number of aliphatic imine (C=N–C) groups is 1. The van der Waals surface area contributed by atoms with Crippen LogP contribution in [-0.2, 0) is 6.54 Å². The lowest BCUT2D eigenvalue weighted by Crippen LogP contribution is -2.40. The van der Waals surface area contributed by atoms with Gasteiger partial charge >= 0.3 is 0 Å². The van der Waals surface area contributed by atoms with Gasteiger partial charge in [0.05, 0.1) is 0 Å². The van der Waals surface area contributed by atoms with Crippen LogP contribution in [0.2, 0.25) is 0 Å². The van der Waals surface area contributed by atoms with Gasteiger partial charge in [-0.1, -0.05) is 30.3 Å². The van der Waals surface area contributed by atoms with Gasteiger partial charge in [-0.2, -0.15) is 0 Å². The number of hydrogen-bond donors (Lipinski definition) is 1. The number of nitrogens with zero attached hydrogens (tertiary/aromatic N) is 3. The molecule has 1 saturated heterocycles. The first-order valence-electron chi connectivity index (χ1n) is 7.97. The van der Waals surface area contributed by atoms with Crippen LogP contribution in [0.5, 0.6) is 0 Å². The first-order valence-corrected chi connectivity index (χ1v) is 7.97. The van der Waals surface area contributed by atoms with Gasteiger partial charge in [0.2, 0.25) is 0 Å². The van der Waals surface area contributed by atoms with Crippen molar-refractivity contribution in [3.8, 4) is 0 Å². The van der Waals surface area contributed by atoms with E-state index in [4.69, 9.17) is 0 Å². The van der Waals surface area contributed by atoms with Crippen molar-refractivity contribution in [2.75, 3.05) is 40.3 Å². The number of guanidine groups is 1. The molecule has 0 aliphatic carbocycles. The largest absolute Gasteiger partial charge is 0.356 e. The Morgan fingerprint density at radius 2 is 1.91 bits per heavy atom. The number of nitrogens with one attached hydrogen (secondary N) is 1. The van der Waals surface area contributed by atoms with Crippen molar-refractivity contribution in [1.82, 2.24) is 15.1 Å². The smallest absolute Gasteiger partial charge is 0.193 e. The van der Waals surface area contributed by atoms with E-state index in [0.29, 0.717) is 0 Å². The van der Waals surface area contributed by atoms with Crippen LogP contribution in [0.25, 0.3) is 0 Å². The summed E-state index contributed by atoms with van der Waals surface area (Å²) in [7, 11) is 4.06. The topological polar surface area (TPSA) is 30.9 Å². The molecule has 0 spiro atoms. The predicted octanol–water partition coefficient (Wildman–Crippen LogP) is 2.80. The molecule has 1 aliphatic heterocycles. The summed E-state index contributed by atoms with van der Waals surface area (Å²) < 4.78 is 0. The van der Waals surface area contributed by atoms with Crippen molar-refractivity contribution >= 4 is 29.9 Å². The highest BCUT2D eigenvalue weighted by atomic mass is 127. The highest BCUT2D eigenvalue weighted by molar-refractivity contribution is 14.0. The fraction of sp³-hybridized carbons (Fsp3) is 0.588. The maximum atomic E-state index is 4.37. The quantitative estimate of drug-likeness (QED) is 0.335. The highest BCUT2D eigenvalue weighted by Crippen LogP contribution is 2.07. The zero-order chi connectivity index (χ0) is 14.9. The Labute approximate surface area is 152 Å².